The number of rotatable bonds is 1. The average Bonchev–Trinajstić information content (AvgIpc) is 2.09. The molecule has 0 aliphatic heterocycles. The molecule has 7 nitrogen and oxygen atoms in total. The van der Waals surface area contributed by atoms with Gasteiger partial charge in [0.25, 0.3) is 5.09 Å². The maximum absolute atomic E-state index is 8.36. The highest BCUT2D eigenvalue weighted by molar-refractivity contribution is 5.89. The highest BCUT2D eigenvalue weighted by Gasteiger charge is 1.95. The molecule has 0 aromatic heterocycles. The third-order valence-corrected chi connectivity index (χ3v) is 1.79. The second-order valence-electron chi connectivity index (χ2n) is 3.08. The van der Waals surface area contributed by atoms with Crippen molar-refractivity contribution in [2.45, 2.75) is 13.8 Å². The fourth-order valence-electron chi connectivity index (χ4n) is 0.975. The maximum Gasteiger partial charge on any atom is 0.291 e. The van der Waals surface area contributed by atoms with Gasteiger partial charge in [0, 0.05) is 5.69 Å². The quantitative estimate of drug-likeness (QED) is 0.248. The molecule has 0 fully saturated rings. The second-order valence-corrected chi connectivity index (χ2v) is 3.08. The lowest BCUT2D eigenvalue weighted by Crippen LogP contribution is -2.20. The molecule has 0 spiro atoms. The summed E-state index contributed by atoms with van der Waals surface area (Å²) in [5, 5.41) is 23.4. The monoisotopic (exact) mass is 226 g/mol. The Labute approximate surface area is 92.5 Å². The Morgan fingerprint density at radius 1 is 1.50 bits per heavy atom. The van der Waals surface area contributed by atoms with Gasteiger partial charge >= 0.3 is 0 Å². The first-order valence-corrected chi connectivity index (χ1v) is 4.34. The van der Waals surface area contributed by atoms with Gasteiger partial charge in [-0.15, -0.1) is 10.1 Å². The number of aryl methyl sites for hydroxylation is 2. The van der Waals surface area contributed by atoms with Crippen molar-refractivity contribution in [3.63, 3.8) is 0 Å². The van der Waals surface area contributed by atoms with Crippen molar-refractivity contribution in [2.24, 2.45) is 5.73 Å². The first kappa shape index (κ1) is 13.7. The molecule has 0 bridgehead atoms. The van der Waals surface area contributed by atoms with Crippen LogP contribution in [0.15, 0.2) is 18.2 Å². The molecule has 0 aliphatic carbocycles. The summed E-state index contributed by atoms with van der Waals surface area (Å²) in [6.45, 7) is 4.08. The summed E-state index contributed by atoms with van der Waals surface area (Å²) in [6.07, 6.45) is 0. The van der Waals surface area contributed by atoms with Crippen LogP contribution < -0.4 is 11.1 Å². The highest BCUT2D eigenvalue weighted by atomic mass is 16.9. The van der Waals surface area contributed by atoms with Crippen molar-refractivity contribution in [1.29, 1.82) is 5.41 Å². The molecule has 0 atom stereocenters. The van der Waals surface area contributed by atoms with E-state index in [1.807, 2.05) is 32.0 Å². The lowest BCUT2D eigenvalue weighted by atomic mass is 10.1. The second kappa shape index (κ2) is 6.23. The standard InChI is InChI=1S/C9H13N3.HNO3/c1-6-3-4-8(5-7(6)2)12-9(10)11;2-1(3)4/h3-5H,1-2H3,(H4,10,11,12);(H,2,3,4). The molecular formula is C9H14N4O3. The Balaban J connectivity index is 0.000000487. The molecule has 5 N–H and O–H groups in total. The topological polar surface area (TPSA) is 125 Å². The van der Waals surface area contributed by atoms with Crippen LogP contribution in [0.2, 0.25) is 0 Å². The van der Waals surface area contributed by atoms with Gasteiger partial charge in [-0.3, -0.25) is 5.41 Å². The number of nitrogens with zero attached hydrogens (tertiary/aromatic N) is 1. The van der Waals surface area contributed by atoms with E-state index in [1.54, 1.807) is 0 Å². The maximum atomic E-state index is 8.36. The first-order chi connectivity index (χ1) is 7.32. The van der Waals surface area contributed by atoms with Gasteiger partial charge in [0.2, 0.25) is 0 Å². The SMILES string of the molecule is Cc1ccc(NC(=N)N)cc1C.O=[N+]([O-])O. The summed E-state index contributed by atoms with van der Waals surface area (Å²) in [5.74, 6) is -0.0294. The van der Waals surface area contributed by atoms with Crippen molar-refractivity contribution in [1.82, 2.24) is 0 Å². The van der Waals surface area contributed by atoms with Gasteiger partial charge in [-0.1, -0.05) is 6.07 Å². The number of hydrogen-bond acceptors (Lipinski definition) is 3. The minimum Gasteiger partial charge on any atom is -0.370 e. The minimum absolute atomic E-state index is 0.0294. The molecule has 0 amide bonds. The number of nitrogens with two attached hydrogens (primary N) is 1. The lowest BCUT2D eigenvalue weighted by Gasteiger charge is -2.05. The van der Waals surface area contributed by atoms with E-state index in [1.165, 1.54) is 11.1 Å². The van der Waals surface area contributed by atoms with Crippen molar-refractivity contribution in [3.05, 3.63) is 39.4 Å². The summed E-state index contributed by atoms with van der Waals surface area (Å²) in [5.41, 5.74) is 8.49. The van der Waals surface area contributed by atoms with Crippen LogP contribution in [0.25, 0.3) is 0 Å². The fraction of sp³-hybridized carbons (Fsp3) is 0.222. The van der Waals surface area contributed by atoms with Crippen LogP contribution in [-0.4, -0.2) is 16.3 Å². The number of anilines is 1. The summed E-state index contributed by atoms with van der Waals surface area (Å²) < 4.78 is 0. The summed E-state index contributed by atoms with van der Waals surface area (Å²) in [7, 11) is 0. The van der Waals surface area contributed by atoms with Crippen molar-refractivity contribution < 1.29 is 10.3 Å². The van der Waals surface area contributed by atoms with Gasteiger partial charge in [0.05, 0.1) is 0 Å². The molecular weight excluding hydrogens is 212 g/mol. The van der Waals surface area contributed by atoms with Crippen LogP contribution in [0.1, 0.15) is 11.1 Å². The van der Waals surface area contributed by atoms with E-state index in [2.05, 4.69) is 5.32 Å². The largest absolute Gasteiger partial charge is 0.370 e. The van der Waals surface area contributed by atoms with Gasteiger partial charge in [-0.05, 0) is 37.1 Å². The van der Waals surface area contributed by atoms with Crippen LogP contribution in [0.3, 0.4) is 0 Å². The zero-order valence-corrected chi connectivity index (χ0v) is 9.02. The van der Waals surface area contributed by atoms with Gasteiger partial charge in [0.15, 0.2) is 5.96 Å². The molecule has 7 heteroatoms. The Morgan fingerprint density at radius 2 is 2.00 bits per heavy atom. The summed E-state index contributed by atoms with van der Waals surface area (Å²) in [4.78, 5) is 8.36. The Morgan fingerprint density at radius 3 is 2.38 bits per heavy atom. The van der Waals surface area contributed by atoms with Gasteiger partial charge < -0.3 is 16.3 Å². The molecule has 1 rings (SSSR count). The number of hydrogen-bond donors (Lipinski definition) is 4. The van der Waals surface area contributed by atoms with Crippen molar-refractivity contribution in [3.8, 4) is 0 Å². The molecule has 0 saturated heterocycles. The summed E-state index contributed by atoms with van der Waals surface area (Å²) in [6, 6.07) is 5.88. The van der Waals surface area contributed by atoms with E-state index in [0.717, 1.165) is 5.69 Å². The van der Waals surface area contributed by atoms with Crippen molar-refractivity contribution in [2.75, 3.05) is 5.32 Å². The molecule has 1 aromatic rings. The third-order valence-electron chi connectivity index (χ3n) is 1.79. The molecule has 0 aliphatic rings. The molecule has 88 valence electrons. The smallest absolute Gasteiger partial charge is 0.291 e. The van der Waals surface area contributed by atoms with Gasteiger partial charge in [0.1, 0.15) is 0 Å². The van der Waals surface area contributed by atoms with Gasteiger partial charge in [-0.2, -0.15) is 0 Å². The Bertz CT molecular complexity index is 388. The van der Waals surface area contributed by atoms with Crippen molar-refractivity contribution >= 4 is 11.6 Å². The van der Waals surface area contributed by atoms with E-state index < -0.39 is 5.09 Å². The molecule has 16 heavy (non-hydrogen) atoms. The third kappa shape index (κ3) is 6.19. The number of guanidine groups is 1. The fourth-order valence-corrected chi connectivity index (χ4v) is 0.975. The van der Waals surface area contributed by atoms with Crippen LogP contribution >= 0.6 is 0 Å². The van der Waals surface area contributed by atoms with E-state index >= 15 is 0 Å². The Kier molecular flexibility index (Phi) is 5.33. The van der Waals surface area contributed by atoms with Crippen LogP contribution in [0, 0.1) is 29.4 Å². The molecule has 0 heterocycles. The number of benzene rings is 1. The molecule has 0 unspecified atom stereocenters. The van der Waals surface area contributed by atoms with E-state index in [4.69, 9.17) is 26.5 Å². The molecule has 1 aromatic carbocycles. The van der Waals surface area contributed by atoms with E-state index in [9.17, 15) is 0 Å². The van der Waals surface area contributed by atoms with Gasteiger partial charge in [-0.25, -0.2) is 0 Å². The first-order valence-electron chi connectivity index (χ1n) is 4.34. The van der Waals surface area contributed by atoms with Crippen LogP contribution in [0.5, 0.6) is 0 Å². The van der Waals surface area contributed by atoms with Crippen LogP contribution in [0.4, 0.5) is 5.69 Å². The average molecular weight is 226 g/mol. The normalized spacial score (nSPS) is 8.62. The number of nitrogens with one attached hydrogen (secondary N) is 2. The molecule has 0 saturated carbocycles. The van der Waals surface area contributed by atoms with E-state index in [-0.39, 0.29) is 5.96 Å². The predicted molar refractivity (Wildman–Crippen MR) is 60.2 cm³/mol. The Hall–Kier alpha value is -2.31. The highest BCUT2D eigenvalue weighted by Crippen LogP contribution is 2.13. The lowest BCUT2D eigenvalue weighted by molar-refractivity contribution is -0.742. The zero-order valence-electron chi connectivity index (χ0n) is 9.02. The summed E-state index contributed by atoms with van der Waals surface area (Å²) >= 11 is 0. The van der Waals surface area contributed by atoms with Crippen LogP contribution in [-0.2, 0) is 0 Å². The minimum atomic E-state index is -1.50. The molecule has 0 radical (unpaired) electrons. The predicted octanol–water partition coefficient (Wildman–Crippen LogP) is 1.26. The van der Waals surface area contributed by atoms with E-state index in [0.29, 0.717) is 0 Å². The zero-order chi connectivity index (χ0) is 12.7.